The summed E-state index contributed by atoms with van der Waals surface area (Å²) in [5, 5.41) is 9.15. The highest BCUT2D eigenvalue weighted by Gasteiger charge is 2.08. The zero-order valence-electron chi connectivity index (χ0n) is 6.00. The monoisotopic (exact) mass is 155 g/mol. The van der Waals surface area contributed by atoms with Crippen molar-refractivity contribution in [3.8, 4) is 0 Å². The Hall–Kier alpha value is -0.930. The zero-order valence-corrected chi connectivity index (χ0v) is 6.00. The summed E-state index contributed by atoms with van der Waals surface area (Å²) >= 11 is 0. The molecular formula is C8H10FNO. The number of hydrogen-bond donors (Lipinski definition) is 2. The summed E-state index contributed by atoms with van der Waals surface area (Å²) in [6.07, 6.45) is -0.892. The molecule has 0 unspecified atom stereocenters. The maximum absolute atomic E-state index is 12.8. The highest BCUT2D eigenvalue weighted by atomic mass is 19.1. The SMILES string of the molecule is NC[C@H](O)c1ccccc1F. The number of rotatable bonds is 2. The maximum atomic E-state index is 12.8. The molecule has 0 saturated heterocycles. The zero-order chi connectivity index (χ0) is 8.27. The molecule has 0 fully saturated rings. The molecule has 11 heavy (non-hydrogen) atoms. The van der Waals surface area contributed by atoms with Crippen LogP contribution in [0.15, 0.2) is 24.3 Å². The van der Waals surface area contributed by atoms with Gasteiger partial charge in [-0.25, -0.2) is 4.39 Å². The molecule has 2 nitrogen and oxygen atoms in total. The Bertz CT molecular complexity index is 239. The van der Waals surface area contributed by atoms with E-state index >= 15 is 0 Å². The molecule has 0 bridgehead atoms. The molecule has 1 atom stereocenters. The van der Waals surface area contributed by atoms with E-state index in [-0.39, 0.29) is 12.1 Å². The fourth-order valence-electron chi connectivity index (χ4n) is 0.872. The minimum atomic E-state index is -0.892. The molecule has 60 valence electrons. The van der Waals surface area contributed by atoms with Crippen molar-refractivity contribution in [3.05, 3.63) is 35.6 Å². The fraction of sp³-hybridized carbons (Fsp3) is 0.250. The lowest BCUT2D eigenvalue weighted by Gasteiger charge is -2.07. The molecule has 3 N–H and O–H groups in total. The first-order valence-corrected chi connectivity index (χ1v) is 3.38. The first-order valence-electron chi connectivity index (χ1n) is 3.38. The van der Waals surface area contributed by atoms with Crippen LogP contribution in [0.5, 0.6) is 0 Å². The molecule has 0 spiro atoms. The summed E-state index contributed by atoms with van der Waals surface area (Å²) in [5.41, 5.74) is 5.42. The first kappa shape index (κ1) is 8.17. The minimum absolute atomic E-state index is 0.0426. The number of nitrogens with two attached hydrogens (primary N) is 1. The predicted octanol–water partition coefficient (Wildman–Crippen LogP) is 0.818. The summed E-state index contributed by atoms with van der Waals surface area (Å²) < 4.78 is 12.8. The molecule has 0 aromatic heterocycles. The molecule has 0 heterocycles. The van der Waals surface area contributed by atoms with Gasteiger partial charge in [-0.05, 0) is 6.07 Å². The average Bonchev–Trinajstić information content (AvgIpc) is 2.04. The first-order chi connectivity index (χ1) is 5.25. The lowest BCUT2D eigenvalue weighted by atomic mass is 10.1. The van der Waals surface area contributed by atoms with Gasteiger partial charge < -0.3 is 10.8 Å². The second-order valence-electron chi connectivity index (χ2n) is 2.27. The van der Waals surface area contributed by atoms with Crippen LogP contribution in [0.2, 0.25) is 0 Å². The van der Waals surface area contributed by atoms with Crippen molar-refractivity contribution in [3.63, 3.8) is 0 Å². The number of benzene rings is 1. The van der Waals surface area contributed by atoms with Crippen molar-refractivity contribution in [2.45, 2.75) is 6.10 Å². The lowest BCUT2D eigenvalue weighted by Crippen LogP contribution is -2.12. The average molecular weight is 155 g/mol. The van der Waals surface area contributed by atoms with Gasteiger partial charge in [-0.1, -0.05) is 18.2 Å². The van der Waals surface area contributed by atoms with Crippen LogP contribution in [0.4, 0.5) is 4.39 Å². The van der Waals surface area contributed by atoms with Crippen LogP contribution in [0.25, 0.3) is 0 Å². The topological polar surface area (TPSA) is 46.2 Å². The Morgan fingerprint density at radius 3 is 2.64 bits per heavy atom. The molecule has 0 aliphatic rings. The standard InChI is InChI=1S/C8H10FNO/c9-7-4-2-1-3-6(7)8(11)5-10/h1-4,8,11H,5,10H2/t8-/m0/s1. The largest absolute Gasteiger partial charge is 0.387 e. The molecule has 0 saturated carbocycles. The van der Waals surface area contributed by atoms with Gasteiger partial charge in [0.2, 0.25) is 0 Å². The number of halogens is 1. The third kappa shape index (κ3) is 1.76. The molecular weight excluding hydrogens is 145 g/mol. The summed E-state index contributed by atoms with van der Waals surface area (Å²) in [6, 6.07) is 6.06. The normalized spacial score (nSPS) is 13.0. The van der Waals surface area contributed by atoms with Crippen LogP contribution in [-0.2, 0) is 0 Å². The van der Waals surface area contributed by atoms with Crippen LogP contribution >= 0.6 is 0 Å². The van der Waals surface area contributed by atoms with E-state index in [1.54, 1.807) is 12.1 Å². The van der Waals surface area contributed by atoms with Crippen molar-refractivity contribution in [2.75, 3.05) is 6.54 Å². The summed E-state index contributed by atoms with van der Waals surface area (Å²) in [4.78, 5) is 0. The van der Waals surface area contributed by atoms with Gasteiger partial charge in [0.1, 0.15) is 5.82 Å². The smallest absolute Gasteiger partial charge is 0.129 e. The van der Waals surface area contributed by atoms with E-state index in [4.69, 9.17) is 10.8 Å². The summed E-state index contributed by atoms with van der Waals surface area (Å²) in [7, 11) is 0. The van der Waals surface area contributed by atoms with Crippen molar-refractivity contribution < 1.29 is 9.50 Å². The van der Waals surface area contributed by atoms with Gasteiger partial charge in [-0.2, -0.15) is 0 Å². The molecule has 1 aromatic rings. The predicted molar refractivity (Wildman–Crippen MR) is 40.4 cm³/mol. The number of aliphatic hydroxyl groups is 1. The summed E-state index contributed by atoms with van der Waals surface area (Å²) in [6.45, 7) is 0.0426. The second-order valence-corrected chi connectivity index (χ2v) is 2.27. The Balaban J connectivity index is 2.93. The van der Waals surface area contributed by atoms with Gasteiger partial charge in [0.05, 0.1) is 6.10 Å². The minimum Gasteiger partial charge on any atom is -0.387 e. The number of aliphatic hydroxyl groups excluding tert-OH is 1. The molecule has 0 aliphatic heterocycles. The molecule has 0 radical (unpaired) electrons. The van der Waals surface area contributed by atoms with Crippen LogP contribution in [-0.4, -0.2) is 11.7 Å². The van der Waals surface area contributed by atoms with Crippen LogP contribution in [0, 0.1) is 5.82 Å². The third-order valence-electron chi connectivity index (χ3n) is 1.49. The van der Waals surface area contributed by atoms with Crippen LogP contribution < -0.4 is 5.73 Å². The van der Waals surface area contributed by atoms with Gasteiger partial charge in [0, 0.05) is 12.1 Å². The molecule has 1 aromatic carbocycles. The maximum Gasteiger partial charge on any atom is 0.129 e. The second kappa shape index (κ2) is 3.46. The quantitative estimate of drug-likeness (QED) is 0.664. The Kier molecular flexibility index (Phi) is 2.57. The van der Waals surface area contributed by atoms with E-state index in [0.29, 0.717) is 0 Å². The Morgan fingerprint density at radius 2 is 2.09 bits per heavy atom. The highest BCUT2D eigenvalue weighted by molar-refractivity contribution is 5.19. The van der Waals surface area contributed by atoms with E-state index in [1.807, 2.05) is 0 Å². The van der Waals surface area contributed by atoms with E-state index < -0.39 is 11.9 Å². The summed E-state index contributed by atoms with van der Waals surface area (Å²) in [5.74, 6) is -0.412. The van der Waals surface area contributed by atoms with E-state index in [1.165, 1.54) is 12.1 Å². The third-order valence-corrected chi connectivity index (χ3v) is 1.49. The molecule has 3 heteroatoms. The highest BCUT2D eigenvalue weighted by Crippen LogP contribution is 2.14. The molecule has 0 aliphatic carbocycles. The van der Waals surface area contributed by atoms with Crippen molar-refractivity contribution in [1.29, 1.82) is 0 Å². The van der Waals surface area contributed by atoms with E-state index in [0.717, 1.165) is 0 Å². The Labute approximate surface area is 64.5 Å². The van der Waals surface area contributed by atoms with E-state index in [9.17, 15) is 4.39 Å². The van der Waals surface area contributed by atoms with Crippen molar-refractivity contribution in [1.82, 2.24) is 0 Å². The van der Waals surface area contributed by atoms with Crippen molar-refractivity contribution in [2.24, 2.45) is 5.73 Å². The van der Waals surface area contributed by atoms with E-state index in [2.05, 4.69) is 0 Å². The van der Waals surface area contributed by atoms with Crippen LogP contribution in [0.1, 0.15) is 11.7 Å². The molecule has 1 rings (SSSR count). The van der Waals surface area contributed by atoms with Gasteiger partial charge in [0.25, 0.3) is 0 Å². The Morgan fingerprint density at radius 1 is 1.45 bits per heavy atom. The van der Waals surface area contributed by atoms with Gasteiger partial charge in [0.15, 0.2) is 0 Å². The fourth-order valence-corrected chi connectivity index (χ4v) is 0.872. The van der Waals surface area contributed by atoms with Gasteiger partial charge in [-0.3, -0.25) is 0 Å². The molecule has 0 amide bonds. The van der Waals surface area contributed by atoms with Gasteiger partial charge in [-0.15, -0.1) is 0 Å². The lowest BCUT2D eigenvalue weighted by molar-refractivity contribution is 0.182. The van der Waals surface area contributed by atoms with Crippen LogP contribution in [0.3, 0.4) is 0 Å². The number of hydrogen-bond acceptors (Lipinski definition) is 2. The van der Waals surface area contributed by atoms with Crippen molar-refractivity contribution >= 4 is 0 Å². The van der Waals surface area contributed by atoms with Gasteiger partial charge >= 0.3 is 0 Å².